The van der Waals surface area contributed by atoms with E-state index in [0.717, 1.165) is 9.13 Å². The van der Waals surface area contributed by atoms with Crippen LogP contribution < -0.4 is 20.9 Å². The Labute approximate surface area is 166 Å². The standard InChI is InChI=1S/C16H14FIN6O3/c17-16-22-14(20)13-15(23-16)24(2-1-11(19)25)12(21-13)4-7-3-9-10(5-8(7)18)27-6-26-9/h3,5H,1-2,4,6H2,(H2,19,25)(H2,20,22,23). The Morgan fingerprint density at radius 2 is 2.00 bits per heavy atom. The van der Waals surface area contributed by atoms with Gasteiger partial charge in [-0.3, -0.25) is 4.79 Å². The summed E-state index contributed by atoms with van der Waals surface area (Å²) in [7, 11) is 0. The van der Waals surface area contributed by atoms with Crippen LogP contribution in [0.15, 0.2) is 12.1 Å². The first-order valence-corrected chi connectivity index (χ1v) is 9.04. The molecule has 0 bridgehead atoms. The van der Waals surface area contributed by atoms with Gasteiger partial charge in [0.2, 0.25) is 12.7 Å². The highest BCUT2D eigenvalue weighted by molar-refractivity contribution is 14.1. The molecule has 0 saturated carbocycles. The van der Waals surface area contributed by atoms with E-state index in [1.165, 1.54) is 0 Å². The number of imidazole rings is 1. The maximum atomic E-state index is 13.7. The average molecular weight is 484 g/mol. The van der Waals surface area contributed by atoms with Crippen molar-refractivity contribution in [1.29, 1.82) is 0 Å². The summed E-state index contributed by atoms with van der Waals surface area (Å²) in [5, 5.41) is 0. The molecule has 2 aromatic heterocycles. The fourth-order valence-corrected chi connectivity index (χ4v) is 3.53. The van der Waals surface area contributed by atoms with Gasteiger partial charge in [-0.15, -0.1) is 0 Å². The van der Waals surface area contributed by atoms with Gasteiger partial charge in [0.25, 0.3) is 0 Å². The van der Waals surface area contributed by atoms with Crippen molar-refractivity contribution in [1.82, 2.24) is 19.5 Å². The number of aryl methyl sites for hydroxylation is 1. The number of nitrogen functional groups attached to an aromatic ring is 1. The molecule has 0 unspecified atom stereocenters. The van der Waals surface area contributed by atoms with E-state index < -0.39 is 12.0 Å². The number of benzene rings is 1. The Kier molecular flexibility index (Phi) is 4.45. The molecule has 0 radical (unpaired) electrons. The maximum absolute atomic E-state index is 13.7. The molecule has 0 fully saturated rings. The van der Waals surface area contributed by atoms with Gasteiger partial charge in [0.05, 0.1) is 0 Å². The van der Waals surface area contributed by atoms with E-state index in [-0.39, 0.29) is 36.7 Å². The molecule has 11 heteroatoms. The molecule has 0 aliphatic carbocycles. The summed E-state index contributed by atoms with van der Waals surface area (Å²) in [5.41, 5.74) is 12.5. The monoisotopic (exact) mass is 484 g/mol. The average Bonchev–Trinajstić information content (AvgIpc) is 3.17. The van der Waals surface area contributed by atoms with Gasteiger partial charge < -0.3 is 25.5 Å². The first-order valence-electron chi connectivity index (χ1n) is 7.97. The number of hydrogen-bond acceptors (Lipinski definition) is 7. The summed E-state index contributed by atoms with van der Waals surface area (Å²) >= 11 is 2.20. The number of carbonyl (C=O) groups is 1. The first-order chi connectivity index (χ1) is 12.9. The number of nitrogens with two attached hydrogens (primary N) is 2. The normalized spacial score (nSPS) is 12.7. The zero-order valence-electron chi connectivity index (χ0n) is 13.9. The number of aromatic nitrogens is 4. The van der Waals surface area contributed by atoms with E-state index in [9.17, 15) is 9.18 Å². The highest BCUT2D eigenvalue weighted by Gasteiger charge is 2.21. The van der Waals surface area contributed by atoms with Gasteiger partial charge in [0, 0.05) is 23.0 Å². The lowest BCUT2D eigenvalue weighted by Crippen LogP contribution is -2.16. The molecule has 1 aromatic carbocycles. The molecule has 27 heavy (non-hydrogen) atoms. The van der Waals surface area contributed by atoms with E-state index in [0.29, 0.717) is 23.7 Å². The zero-order valence-corrected chi connectivity index (χ0v) is 16.1. The fraction of sp³-hybridized carbons (Fsp3) is 0.250. The van der Waals surface area contributed by atoms with Crippen molar-refractivity contribution in [3.05, 3.63) is 33.2 Å². The summed E-state index contributed by atoms with van der Waals surface area (Å²) in [5.74, 6) is 1.35. The minimum absolute atomic E-state index is 0.0578. The third-order valence-electron chi connectivity index (χ3n) is 4.15. The minimum Gasteiger partial charge on any atom is -0.454 e. The molecule has 1 aliphatic heterocycles. The van der Waals surface area contributed by atoms with Crippen LogP contribution in [0.5, 0.6) is 11.5 Å². The Bertz CT molecular complexity index is 1070. The molecular formula is C16H14FIN6O3. The van der Waals surface area contributed by atoms with E-state index in [1.807, 2.05) is 12.1 Å². The third-order valence-corrected chi connectivity index (χ3v) is 5.15. The van der Waals surface area contributed by atoms with Crippen LogP contribution in [-0.4, -0.2) is 32.2 Å². The van der Waals surface area contributed by atoms with Crippen LogP contribution >= 0.6 is 22.6 Å². The van der Waals surface area contributed by atoms with Crippen LogP contribution in [0.1, 0.15) is 17.8 Å². The van der Waals surface area contributed by atoms with Crippen molar-refractivity contribution in [2.45, 2.75) is 19.4 Å². The van der Waals surface area contributed by atoms with Crippen molar-refractivity contribution in [2.24, 2.45) is 5.73 Å². The summed E-state index contributed by atoms with van der Waals surface area (Å²) in [6, 6.07) is 3.75. The topological polar surface area (TPSA) is 131 Å². The maximum Gasteiger partial charge on any atom is 0.312 e. The largest absolute Gasteiger partial charge is 0.454 e. The SMILES string of the molecule is NC(=O)CCn1c(Cc2cc3c(cc2I)OCO3)nc2c(N)nc(F)nc21. The minimum atomic E-state index is -0.954. The summed E-state index contributed by atoms with van der Waals surface area (Å²) < 4.78 is 27.1. The van der Waals surface area contributed by atoms with Crippen LogP contribution in [0.2, 0.25) is 0 Å². The number of amides is 1. The van der Waals surface area contributed by atoms with Crippen LogP contribution in [0.25, 0.3) is 11.2 Å². The van der Waals surface area contributed by atoms with Gasteiger partial charge in [-0.1, -0.05) is 0 Å². The molecule has 3 heterocycles. The molecule has 140 valence electrons. The molecule has 1 aliphatic rings. The van der Waals surface area contributed by atoms with E-state index in [2.05, 4.69) is 37.5 Å². The zero-order chi connectivity index (χ0) is 19.1. The molecule has 9 nitrogen and oxygen atoms in total. The predicted octanol–water partition coefficient (Wildman–Crippen LogP) is 1.35. The second-order valence-corrected chi connectivity index (χ2v) is 7.08. The lowest BCUT2D eigenvalue weighted by Gasteiger charge is -2.09. The fourth-order valence-electron chi connectivity index (χ4n) is 2.90. The summed E-state index contributed by atoms with van der Waals surface area (Å²) in [6.45, 7) is 0.385. The molecule has 0 spiro atoms. The van der Waals surface area contributed by atoms with Crippen molar-refractivity contribution < 1.29 is 18.7 Å². The van der Waals surface area contributed by atoms with Gasteiger partial charge in [0.1, 0.15) is 5.82 Å². The highest BCUT2D eigenvalue weighted by Crippen LogP contribution is 2.36. The third kappa shape index (κ3) is 3.34. The predicted molar refractivity (Wildman–Crippen MR) is 102 cm³/mol. The number of fused-ring (bicyclic) bond motifs is 2. The van der Waals surface area contributed by atoms with Gasteiger partial charge in [0.15, 0.2) is 28.5 Å². The summed E-state index contributed by atoms with van der Waals surface area (Å²) in [4.78, 5) is 23.0. The van der Waals surface area contributed by atoms with E-state index >= 15 is 0 Å². The van der Waals surface area contributed by atoms with Crippen LogP contribution in [0.3, 0.4) is 0 Å². The molecule has 4 N–H and O–H groups in total. The summed E-state index contributed by atoms with van der Waals surface area (Å²) in [6.07, 6.45) is -0.503. The smallest absolute Gasteiger partial charge is 0.312 e. The second kappa shape index (κ2) is 6.79. The van der Waals surface area contributed by atoms with E-state index in [1.54, 1.807) is 4.57 Å². The van der Waals surface area contributed by atoms with Gasteiger partial charge in [-0.2, -0.15) is 14.4 Å². The molecule has 3 aromatic rings. The number of anilines is 1. The van der Waals surface area contributed by atoms with Crippen molar-refractivity contribution in [2.75, 3.05) is 12.5 Å². The second-order valence-electron chi connectivity index (χ2n) is 5.92. The Morgan fingerprint density at radius 3 is 2.74 bits per heavy atom. The molecule has 4 rings (SSSR count). The van der Waals surface area contributed by atoms with Crippen molar-refractivity contribution in [3.63, 3.8) is 0 Å². The van der Waals surface area contributed by atoms with Gasteiger partial charge >= 0.3 is 6.08 Å². The number of nitrogens with zero attached hydrogens (tertiary/aromatic N) is 4. The molecular weight excluding hydrogens is 470 g/mol. The van der Waals surface area contributed by atoms with E-state index in [4.69, 9.17) is 20.9 Å². The Balaban J connectivity index is 1.80. The number of halogens is 2. The lowest BCUT2D eigenvalue weighted by atomic mass is 10.1. The molecule has 0 saturated heterocycles. The van der Waals surface area contributed by atoms with Gasteiger partial charge in [-0.05, 0) is 40.3 Å². The quantitative estimate of drug-likeness (QED) is 0.413. The lowest BCUT2D eigenvalue weighted by molar-refractivity contribution is -0.118. The van der Waals surface area contributed by atoms with Crippen LogP contribution in [0, 0.1) is 9.65 Å². The molecule has 0 atom stereocenters. The number of hydrogen-bond donors (Lipinski definition) is 2. The number of primary amides is 1. The first kappa shape index (κ1) is 17.7. The highest BCUT2D eigenvalue weighted by atomic mass is 127. The van der Waals surface area contributed by atoms with Crippen molar-refractivity contribution in [3.8, 4) is 11.5 Å². The number of carbonyl (C=O) groups excluding carboxylic acids is 1. The van der Waals surface area contributed by atoms with Crippen molar-refractivity contribution >= 4 is 45.5 Å². The van der Waals surface area contributed by atoms with Gasteiger partial charge in [-0.25, -0.2) is 4.98 Å². The Hall–Kier alpha value is -2.70. The Morgan fingerprint density at radius 1 is 1.26 bits per heavy atom. The van der Waals surface area contributed by atoms with Crippen LogP contribution in [0.4, 0.5) is 10.2 Å². The van der Waals surface area contributed by atoms with Crippen LogP contribution in [-0.2, 0) is 17.8 Å². The molecule has 1 amide bonds. The number of rotatable bonds is 5. The number of ether oxygens (including phenoxy) is 2.